The van der Waals surface area contributed by atoms with E-state index in [4.69, 9.17) is 10.5 Å². The first-order chi connectivity index (χ1) is 10.3. The lowest BCUT2D eigenvalue weighted by atomic mass is 10.0. The van der Waals surface area contributed by atoms with E-state index in [1.807, 2.05) is 24.3 Å². The van der Waals surface area contributed by atoms with Crippen LogP contribution < -0.4 is 15.8 Å². The average Bonchev–Trinajstić information content (AvgIpc) is 2.53. The van der Waals surface area contributed by atoms with E-state index < -0.39 is 5.91 Å². The molecule has 0 fully saturated rings. The van der Waals surface area contributed by atoms with E-state index in [9.17, 15) is 4.79 Å². The zero-order chi connectivity index (χ0) is 14.7. The largest absolute Gasteiger partial charge is 0.487 e. The molecule has 0 spiro atoms. The Morgan fingerprint density at radius 2 is 2.05 bits per heavy atom. The zero-order valence-corrected chi connectivity index (χ0v) is 11.8. The summed E-state index contributed by atoms with van der Waals surface area (Å²) in [5.41, 5.74) is 9.05. The molecule has 0 atom stereocenters. The number of carbonyl (C=O) groups excluding carboxylic acids is 1. The highest BCUT2D eigenvalue weighted by Crippen LogP contribution is 2.32. The summed E-state index contributed by atoms with van der Waals surface area (Å²) in [7, 11) is 0. The number of amides is 1. The van der Waals surface area contributed by atoms with Crippen molar-refractivity contribution < 1.29 is 9.53 Å². The lowest BCUT2D eigenvalue weighted by Gasteiger charge is -2.21. The zero-order valence-electron chi connectivity index (χ0n) is 11.8. The van der Waals surface area contributed by atoms with Gasteiger partial charge in [-0.25, -0.2) is 0 Å². The third-order valence-electron chi connectivity index (χ3n) is 3.70. The molecule has 4 heteroatoms. The summed E-state index contributed by atoms with van der Waals surface area (Å²) in [6.45, 7) is 1.29. The summed E-state index contributed by atoms with van der Waals surface area (Å²) in [4.78, 5) is 11.4. The number of rotatable bonds is 4. The molecular weight excluding hydrogens is 264 g/mol. The monoisotopic (exact) mass is 282 g/mol. The van der Waals surface area contributed by atoms with E-state index in [1.165, 1.54) is 5.56 Å². The van der Waals surface area contributed by atoms with Crippen molar-refractivity contribution in [1.29, 1.82) is 0 Å². The molecule has 1 amide bonds. The van der Waals surface area contributed by atoms with Gasteiger partial charge in [0.05, 0.1) is 5.69 Å². The molecule has 1 aliphatic heterocycles. The summed E-state index contributed by atoms with van der Waals surface area (Å²) in [6.07, 6.45) is 2.21. The fourth-order valence-corrected chi connectivity index (χ4v) is 2.64. The SMILES string of the molecule is NC(=O)c1ccccc1COc1cccc2c1NCCC2. The van der Waals surface area contributed by atoms with Crippen LogP contribution in [0.1, 0.15) is 27.9 Å². The van der Waals surface area contributed by atoms with Crippen molar-refractivity contribution in [2.45, 2.75) is 19.4 Å². The Bertz CT molecular complexity index is 668. The van der Waals surface area contributed by atoms with Crippen molar-refractivity contribution in [2.75, 3.05) is 11.9 Å². The van der Waals surface area contributed by atoms with Gasteiger partial charge in [-0.1, -0.05) is 30.3 Å². The lowest BCUT2D eigenvalue weighted by Crippen LogP contribution is -2.15. The minimum Gasteiger partial charge on any atom is -0.487 e. The van der Waals surface area contributed by atoms with Crippen LogP contribution in [0.15, 0.2) is 42.5 Å². The summed E-state index contributed by atoms with van der Waals surface area (Å²) in [5.74, 6) is 0.397. The molecule has 0 unspecified atom stereocenters. The van der Waals surface area contributed by atoms with Crippen LogP contribution in [0.4, 0.5) is 5.69 Å². The van der Waals surface area contributed by atoms with Gasteiger partial charge in [-0.05, 0) is 30.5 Å². The number of hydrogen-bond donors (Lipinski definition) is 2. The van der Waals surface area contributed by atoms with Crippen LogP contribution in [0.3, 0.4) is 0 Å². The molecule has 4 nitrogen and oxygen atoms in total. The fraction of sp³-hybridized carbons (Fsp3) is 0.235. The number of carbonyl (C=O) groups is 1. The molecule has 1 heterocycles. The molecule has 3 N–H and O–H groups in total. The minimum absolute atomic E-state index is 0.331. The molecule has 2 aromatic carbocycles. The second kappa shape index (κ2) is 5.87. The average molecular weight is 282 g/mol. The number of benzene rings is 2. The molecular formula is C17H18N2O2. The Morgan fingerprint density at radius 1 is 1.19 bits per heavy atom. The second-order valence-electron chi connectivity index (χ2n) is 5.13. The fourth-order valence-electron chi connectivity index (χ4n) is 2.64. The van der Waals surface area contributed by atoms with Gasteiger partial charge in [0, 0.05) is 17.7 Å². The van der Waals surface area contributed by atoms with E-state index >= 15 is 0 Å². The van der Waals surface area contributed by atoms with Gasteiger partial charge in [-0.2, -0.15) is 0 Å². The molecule has 0 aromatic heterocycles. The molecule has 0 saturated heterocycles. The highest BCUT2D eigenvalue weighted by Gasteiger charge is 2.14. The third-order valence-corrected chi connectivity index (χ3v) is 3.70. The van der Waals surface area contributed by atoms with E-state index in [0.29, 0.717) is 12.2 Å². The van der Waals surface area contributed by atoms with Crippen LogP contribution >= 0.6 is 0 Å². The normalized spacial score (nSPS) is 13.1. The van der Waals surface area contributed by atoms with Crippen LogP contribution in [0, 0.1) is 0 Å². The maximum Gasteiger partial charge on any atom is 0.249 e. The summed E-state index contributed by atoms with van der Waals surface area (Å²) in [6, 6.07) is 13.3. The number of nitrogens with one attached hydrogen (secondary N) is 1. The molecule has 2 aromatic rings. The Morgan fingerprint density at radius 3 is 2.90 bits per heavy atom. The maximum absolute atomic E-state index is 11.4. The van der Waals surface area contributed by atoms with Gasteiger partial charge in [0.1, 0.15) is 12.4 Å². The Kier molecular flexibility index (Phi) is 3.77. The van der Waals surface area contributed by atoms with Gasteiger partial charge >= 0.3 is 0 Å². The van der Waals surface area contributed by atoms with Crippen molar-refractivity contribution in [1.82, 2.24) is 0 Å². The topological polar surface area (TPSA) is 64.4 Å². The molecule has 3 rings (SSSR count). The van der Waals surface area contributed by atoms with Crippen LogP contribution in [-0.4, -0.2) is 12.5 Å². The highest BCUT2D eigenvalue weighted by molar-refractivity contribution is 5.94. The number of nitrogens with two attached hydrogens (primary N) is 1. The molecule has 0 radical (unpaired) electrons. The molecule has 1 aliphatic rings. The van der Waals surface area contributed by atoms with E-state index in [2.05, 4.69) is 11.4 Å². The number of primary amides is 1. The van der Waals surface area contributed by atoms with Crippen molar-refractivity contribution in [3.8, 4) is 5.75 Å². The smallest absolute Gasteiger partial charge is 0.249 e. The van der Waals surface area contributed by atoms with Crippen molar-refractivity contribution in [3.05, 3.63) is 59.2 Å². The predicted molar refractivity (Wildman–Crippen MR) is 82.5 cm³/mol. The van der Waals surface area contributed by atoms with E-state index in [1.54, 1.807) is 12.1 Å². The number of aryl methyl sites for hydroxylation is 1. The minimum atomic E-state index is -0.428. The van der Waals surface area contributed by atoms with Crippen molar-refractivity contribution in [2.24, 2.45) is 5.73 Å². The number of fused-ring (bicyclic) bond motifs is 1. The van der Waals surface area contributed by atoms with E-state index in [0.717, 1.165) is 36.4 Å². The Hall–Kier alpha value is -2.49. The maximum atomic E-state index is 11.4. The molecule has 0 saturated carbocycles. The number of hydrogen-bond acceptors (Lipinski definition) is 3. The van der Waals surface area contributed by atoms with Crippen molar-refractivity contribution >= 4 is 11.6 Å². The standard InChI is InChI=1S/C17H18N2O2/c18-17(20)14-8-2-1-5-13(14)11-21-15-9-3-6-12-7-4-10-19-16(12)15/h1-3,5-6,8-9,19H,4,7,10-11H2,(H2,18,20). The first kappa shape index (κ1) is 13.5. The number of anilines is 1. The van der Waals surface area contributed by atoms with E-state index in [-0.39, 0.29) is 0 Å². The predicted octanol–water partition coefficient (Wildman–Crippen LogP) is 2.72. The van der Waals surface area contributed by atoms with Crippen LogP contribution in [0.2, 0.25) is 0 Å². The Labute approximate surface area is 123 Å². The quantitative estimate of drug-likeness (QED) is 0.906. The molecule has 108 valence electrons. The second-order valence-corrected chi connectivity index (χ2v) is 5.13. The molecule has 0 bridgehead atoms. The summed E-state index contributed by atoms with van der Waals surface area (Å²) < 4.78 is 5.91. The first-order valence-electron chi connectivity index (χ1n) is 7.12. The van der Waals surface area contributed by atoms with Crippen LogP contribution in [0.5, 0.6) is 5.75 Å². The molecule has 0 aliphatic carbocycles. The molecule has 21 heavy (non-hydrogen) atoms. The Balaban J connectivity index is 1.81. The van der Waals surface area contributed by atoms with Gasteiger partial charge in [0.15, 0.2) is 0 Å². The van der Waals surface area contributed by atoms with Crippen LogP contribution in [0.25, 0.3) is 0 Å². The first-order valence-corrected chi connectivity index (χ1v) is 7.12. The van der Waals surface area contributed by atoms with Gasteiger partial charge in [0.25, 0.3) is 0 Å². The lowest BCUT2D eigenvalue weighted by molar-refractivity contribution is 0.0998. The number of para-hydroxylation sites is 1. The van der Waals surface area contributed by atoms with Gasteiger partial charge < -0.3 is 15.8 Å². The summed E-state index contributed by atoms with van der Waals surface area (Å²) >= 11 is 0. The highest BCUT2D eigenvalue weighted by atomic mass is 16.5. The van der Waals surface area contributed by atoms with Gasteiger partial charge in [-0.3, -0.25) is 4.79 Å². The number of ether oxygens (including phenoxy) is 1. The van der Waals surface area contributed by atoms with Crippen LogP contribution in [-0.2, 0) is 13.0 Å². The van der Waals surface area contributed by atoms with Crippen molar-refractivity contribution in [3.63, 3.8) is 0 Å². The summed E-state index contributed by atoms with van der Waals surface area (Å²) in [5, 5.41) is 3.39. The third kappa shape index (κ3) is 2.84. The van der Waals surface area contributed by atoms with Gasteiger partial charge in [-0.15, -0.1) is 0 Å². The van der Waals surface area contributed by atoms with Gasteiger partial charge in [0.2, 0.25) is 5.91 Å².